The summed E-state index contributed by atoms with van der Waals surface area (Å²) in [6.07, 6.45) is -0.0649. The van der Waals surface area contributed by atoms with Gasteiger partial charge >= 0.3 is 0 Å². The topological polar surface area (TPSA) is 37.4 Å². The summed E-state index contributed by atoms with van der Waals surface area (Å²) in [5.41, 5.74) is 1.85. The second-order valence-corrected chi connectivity index (χ2v) is 6.45. The summed E-state index contributed by atoms with van der Waals surface area (Å²) >= 11 is 1.63. The first-order chi connectivity index (χ1) is 11.7. The Balaban J connectivity index is 2.07. The minimum atomic E-state index is -0.108. The van der Waals surface area contributed by atoms with Crippen LogP contribution in [0.25, 0.3) is 0 Å². The fourth-order valence-corrected chi connectivity index (χ4v) is 3.51. The first-order valence-corrected chi connectivity index (χ1v) is 9.21. The lowest BCUT2D eigenvalue weighted by atomic mass is 10.1. The zero-order valence-corrected chi connectivity index (χ0v) is 15.0. The van der Waals surface area contributed by atoms with Crippen molar-refractivity contribution >= 4 is 23.5 Å². The van der Waals surface area contributed by atoms with Crippen molar-refractivity contribution in [2.75, 3.05) is 13.1 Å². The molecule has 0 aliphatic heterocycles. The third-order valence-corrected chi connectivity index (χ3v) is 5.00. The molecule has 4 heteroatoms. The van der Waals surface area contributed by atoms with E-state index in [0.29, 0.717) is 18.7 Å². The molecule has 0 atom stereocenters. The Hall–Kier alpha value is -2.07. The van der Waals surface area contributed by atoms with Gasteiger partial charge in [-0.25, -0.2) is 0 Å². The molecule has 126 valence electrons. The lowest BCUT2D eigenvalue weighted by Gasteiger charge is -2.18. The van der Waals surface area contributed by atoms with E-state index in [-0.39, 0.29) is 18.1 Å². The number of nitrogens with zero attached hydrogens (tertiary/aromatic N) is 1. The molecule has 0 aliphatic carbocycles. The van der Waals surface area contributed by atoms with E-state index in [1.165, 1.54) is 5.56 Å². The zero-order chi connectivity index (χ0) is 17.4. The number of hydrogen-bond donors (Lipinski definition) is 0. The SMILES string of the molecule is CCN(CC)C(=O)CC(=O)c1ccccc1SCc1ccccc1. The van der Waals surface area contributed by atoms with Gasteiger partial charge in [-0.1, -0.05) is 48.5 Å². The largest absolute Gasteiger partial charge is 0.343 e. The van der Waals surface area contributed by atoms with E-state index in [2.05, 4.69) is 12.1 Å². The van der Waals surface area contributed by atoms with Gasteiger partial charge in [-0.15, -0.1) is 11.8 Å². The van der Waals surface area contributed by atoms with Crippen LogP contribution < -0.4 is 0 Å². The second-order valence-electron chi connectivity index (χ2n) is 5.44. The van der Waals surface area contributed by atoms with Crippen molar-refractivity contribution in [3.8, 4) is 0 Å². The predicted molar refractivity (Wildman–Crippen MR) is 99.3 cm³/mol. The minimum absolute atomic E-state index is 0.0649. The van der Waals surface area contributed by atoms with Crippen molar-refractivity contribution in [3.63, 3.8) is 0 Å². The molecule has 0 radical (unpaired) electrons. The maximum Gasteiger partial charge on any atom is 0.230 e. The smallest absolute Gasteiger partial charge is 0.230 e. The molecule has 0 spiro atoms. The van der Waals surface area contributed by atoms with Gasteiger partial charge in [0.25, 0.3) is 0 Å². The summed E-state index contributed by atoms with van der Waals surface area (Å²) in [6.45, 7) is 5.12. The molecule has 1 amide bonds. The zero-order valence-electron chi connectivity index (χ0n) is 14.2. The lowest BCUT2D eigenvalue weighted by molar-refractivity contribution is -0.129. The molecule has 24 heavy (non-hydrogen) atoms. The third-order valence-electron chi connectivity index (χ3n) is 3.85. The number of benzene rings is 2. The van der Waals surface area contributed by atoms with Gasteiger partial charge in [0.2, 0.25) is 5.91 Å². The molecule has 3 nitrogen and oxygen atoms in total. The van der Waals surface area contributed by atoms with E-state index in [1.807, 2.05) is 56.3 Å². The average molecular weight is 341 g/mol. The van der Waals surface area contributed by atoms with Gasteiger partial charge in [-0.05, 0) is 25.5 Å². The Morgan fingerprint density at radius 1 is 0.917 bits per heavy atom. The van der Waals surface area contributed by atoms with Crippen LogP contribution in [-0.4, -0.2) is 29.7 Å². The number of thioether (sulfide) groups is 1. The number of Topliss-reactive ketones (excluding diaryl/α,β-unsaturated/α-hetero) is 1. The minimum Gasteiger partial charge on any atom is -0.343 e. The Bertz CT molecular complexity index is 681. The number of hydrogen-bond acceptors (Lipinski definition) is 3. The van der Waals surface area contributed by atoms with Crippen LogP contribution in [0, 0.1) is 0 Å². The van der Waals surface area contributed by atoms with E-state index >= 15 is 0 Å². The average Bonchev–Trinajstić information content (AvgIpc) is 2.62. The van der Waals surface area contributed by atoms with Gasteiger partial charge in [0, 0.05) is 29.3 Å². The standard InChI is InChI=1S/C20H23NO2S/c1-3-21(4-2)20(23)14-18(22)17-12-8-9-13-19(17)24-15-16-10-6-5-7-11-16/h5-13H,3-4,14-15H2,1-2H3. The number of ketones is 1. The van der Waals surface area contributed by atoms with Gasteiger partial charge in [0.15, 0.2) is 5.78 Å². The van der Waals surface area contributed by atoms with Gasteiger partial charge in [0.05, 0.1) is 6.42 Å². The van der Waals surface area contributed by atoms with Crippen LogP contribution in [0.15, 0.2) is 59.5 Å². The van der Waals surface area contributed by atoms with Crippen LogP contribution >= 0.6 is 11.8 Å². The molecule has 0 aliphatic rings. The molecule has 2 aromatic carbocycles. The summed E-state index contributed by atoms with van der Waals surface area (Å²) < 4.78 is 0. The molecule has 0 aromatic heterocycles. The highest BCUT2D eigenvalue weighted by Crippen LogP contribution is 2.27. The molecule has 0 heterocycles. The van der Waals surface area contributed by atoms with Crippen LogP contribution in [0.3, 0.4) is 0 Å². The van der Waals surface area contributed by atoms with E-state index in [1.54, 1.807) is 16.7 Å². The van der Waals surface area contributed by atoms with Crippen molar-refractivity contribution in [1.82, 2.24) is 4.90 Å². The van der Waals surface area contributed by atoms with E-state index in [4.69, 9.17) is 0 Å². The first kappa shape index (κ1) is 18.3. The quantitative estimate of drug-likeness (QED) is 0.405. The van der Waals surface area contributed by atoms with Gasteiger partial charge in [0.1, 0.15) is 0 Å². The first-order valence-electron chi connectivity index (χ1n) is 8.22. The maximum absolute atomic E-state index is 12.6. The van der Waals surface area contributed by atoms with Crippen LogP contribution in [0.2, 0.25) is 0 Å². The van der Waals surface area contributed by atoms with Crippen molar-refractivity contribution in [1.29, 1.82) is 0 Å². The fraction of sp³-hybridized carbons (Fsp3) is 0.300. The summed E-state index contributed by atoms with van der Waals surface area (Å²) in [5.74, 6) is 0.589. The van der Waals surface area contributed by atoms with Crippen LogP contribution in [0.5, 0.6) is 0 Å². The molecular weight excluding hydrogens is 318 g/mol. The van der Waals surface area contributed by atoms with Gasteiger partial charge < -0.3 is 4.90 Å². The molecule has 0 saturated carbocycles. The van der Waals surface area contributed by atoms with Crippen molar-refractivity contribution in [3.05, 3.63) is 65.7 Å². The van der Waals surface area contributed by atoms with Crippen molar-refractivity contribution in [2.45, 2.75) is 30.9 Å². The predicted octanol–water partition coefficient (Wildman–Crippen LogP) is 4.42. The summed E-state index contributed by atoms with van der Waals surface area (Å²) in [7, 11) is 0. The highest BCUT2D eigenvalue weighted by molar-refractivity contribution is 7.98. The number of carbonyl (C=O) groups is 2. The summed E-state index contributed by atoms with van der Waals surface area (Å²) in [6, 6.07) is 17.7. The second kappa shape index (κ2) is 9.28. The Morgan fingerprint density at radius 2 is 1.54 bits per heavy atom. The molecule has 2 rings (SSSR count). The number of rotatable bonds is 8. The van der Waals surface area contributed by atoms with E-state index in [0.717, 1.165) is 10.6 Å². The Morgan fingerprint density at radius 3 is 2.21 bits per heavy atom. The molecule has 0 unspecified atom stereocenters. The Labute approximate surface area is 148 Å². The van der Waals surface area contributed by atoms with Crippen molar-refractivity contribution < 1.29 is 9.59 Å². The normalized spacial score (nSPS) is 10.4. The van der Waals surface area contributed by atoms with Crippen molar-refractivity contribution in [2.24, 2.45) is 0 Å². The third kappa shape index (κ3) is 4.96. The number of carbonyl (C=O) groups excluding carboxylic acids is 2. The summed E-state index contributed by atoms with van der Waals surface area (Å²) in [4.78, 5) is 27.4. The number of amides is 1. The molecule has 0 saturated heterocycles. The lowest BCUT2D eigenvalue weighted by Crippen LogP contribution is -2.32. The highest BCUT2D eigenvalue weighted by atomic mass is 32.2. The van der Waals surface area contributed by atoms with Crippen LogP contribution in [0.4, 0.5) is 0 Å². The Kier molecular flexibility index (Phi) is 7.07. The van der Waals surface area contributed by atoms with E-state index in [9.17, 15) is 9.59 Å². The van der Waals surface area contributed by atoms with Gasteiger partial charge in [-0.2, -0.15) is 0 Å². The molecule has 2 aromatic rings. The monoisotopic (exact) mass is 341 g/mol. The van der Waals surface area contributed by atoms with Crippen LogP contribution in [0.1, 0.15) is 36.2 Å². The fourth-order valence-electron chi connectivity index (χ4n) is 2.48. The molecule has 0 bridgehead atoms. The molecule has 0 fully saturated rings. The maximum atomic E-state index is 12.6. The van der Waals surface area contributed by atoms with E-state index < -0.39 is 0 Å². The van der Waals surface area contributed by atoms with Gasteiger partial charge in [-0.3, -0.25) is 9.59 Å². The van der Waals surface area contributed by atoms with Crippen LogP contribution in [-0.2, 0) is 10.5 Å². The molecule has 0 N–H and O–H groups in total. The summed E-state index contributed by atoms with van der Waals surface area (Å²) in [5, 5.41) is 0. The molecular formula is C20H23NO2S. The highest BCUT2D eigenvalue weighted by Gasteiger charge is 2.18.